The third kappa shape index (κ3) is 5.10. The number of carbonyl (C=O) groups excluding carboxylic acids is 1. The number of unbranched alkanes of at least 4 members (excludes halogenated alkanes) is 3. The van der Waals surface area contributed by atoms with Crippen molar-refractivity contribution in [2.45, 2.75) is 77.7 Å². The van der Waals surface area contributed by atoms with Crippen LogP contribution in [0.4, 0.5) is 0 Å². The van der Waals surface area contributed by atoms with Crippen molar-refractivity contribution < 1.29 is 9.53 Å². The van der Waals surface area contributed by atoms with Gasteiger partial charge in [0, 0.05) is 6.61 Å². The molecule has 0 radical (unpaired) electrons. The zero-order valence-electron chi connectivity index (χ0n) is 12.7. The fourth-order valence-corrected chi connectivity index (χ4v) is 2.80. The fraction of sp³-hybridized carbons (Fsp3) is 0.824. The van der Waals surface area contributed by atoms with Crippen molar-refractivity contribution in [2.75, 3.05) is 6.61 Å². The van der Waals surface area contributed by atoms with E-state index in [0.717, 1.165) is 51.4 Å². The first-order valence-corrected chi connectivity index (χ1v) is 8.04. The van der Waals surface area contributed by atoms with Crippen molar-refractivity contribution >= 4 is 6.29 Å². The summed E-state index contributed by atoms with van der Waals surface area (Å²) in [5.74, 6) is 0. The highest BCUT2D eigenvalue weighted by Gasteiger charge is 2.37. The van der Waals surface area contributed by atoms with E-state index in [4.69, 9.17) is 4.74 Å². The Labute approximate surface area is 118 Å². The topological polar surface area (TPSA) is 26.3 Å². The van der Waals surface area contributed by atoms with Crippen molar-refractivity contribution in [3.63, 3.8) is 0 Å². The average Bonchev–Trinajstić information content (AvgIpc) is 2.48. The molecule has 0 saturated carbocycles. The van der Waals surface area contributed by atoms with Crippen LogP contribution in [-0.2, 0) is 9.53 Å². The molecule has 0 spiro atoms. The van der Waals surface area contributed by atoms with Gasteiger partial charge in [0.15, 0.2) is 0 Å². The normalized spacial score (nSPS) is 23.4. The van der Waals surface area contributed by atoms with Crippen LogP contribution in [0.3, 0.4) is 0 Å². The molecule has 0 unspecified atom stereocenters. The first-order valence-electron chi connectivity index (χ1n) is 8.04. The molecule has 19 heavy (non-hydrogen) atoms. The number of ether oxygens (including phenoxy) is 1. The zero-order chi connectivity index (χ0) is 14.0. The van der Waals surface area contributed by atoms with Gasteiger partial charge >= 0.3 is 0 Å². The quantitative estimate of drug-likeness (QED) is 0.344. The summed E-state index contributed by atoms with van der Waals surface area (Å²) in [6, 6.07) is 0. The molecule has 1 heterocycles. The van der Waals surface area contributed by atoms with Gasteiger partial charge in [0.1, 0.15) is 6.29 Å². The third-order valence-corrected chi connectivity index (χ3v) is 4.11. The molecule has 0 aromatic carbocycles. The molecule has 2 nitrogen and oxygen atoms in total. The van der Waals surface area contributed by atoms with Gasteiger partial charge in [0.25, 0.3) is 0 Å². The first kappa shape index (κ1) is 16.4. The van der Waals surface area contributed by atoms with Crippen LogP contribution in [0.5, 0.6) is 0 Å². The Kier molecular flexibility index (Phi) is 8.04. The van der Waals surface area contributed by atoms with Crippen LogP contribution in [0.2, 0.25) is 0 Å². The largest absolute Gasteiger partial charge is 0.377 e. The van der Waals surface area contributed by atoms with Gasteiger partial charge in [-0.3, -0.25) is 0 Å². The van der Waals surface area contributed by atoms with Crippen molar-refractivity contribution in [1.82, 2.24) is 0 Å². The third-order valence-electron chi connectivity index (χ3n) is 4.11. The lowest BCUT2D eigenvalue weighted by atomic mass is 9.75. The smallest absolute Gasteiger partial charge is 0.132 e. The van der Waals surface area contributed by atoms with E-state index in [1.54, 1.807) is 0 Å². The monoisotopic (exact) mass is 266 g/mol. The summed E-state index contributed by atoms with van der Waals surface area (Å²) in [6.45, 7) is 5.19. The number of rotatable bonds is 9. The summed E-state index contributed by atoms with van der Waals surface area (Å²) in [6.07, 6.45) is 15.6. The second-order valence-corrected chi connectivity index (χ2v) is 5.73. The van der Waals surface area contributed by atoms with Crippen LogP contribution in [-0.4, -0.2) is 19.0 Å². The number of aldehydes is 1. The minimum Gasteiger partial charge on any atom is -0.377 e. The van der Waals surface area contributed by atoms with Gasteiger partial charge in [0.2, 0.25) is 0 Å². The van der Waals surface area contributed by atoms with E-state index >= 15 is 0 Å². The van der Waals surface area contributed by atoms with E-state index in [1.807, 2.05) is 0 Å². The van der Waals surface area contributed by atoms with E-state index in [2.05, 4.69) is 26.0 Å². The summed E-state index contributed by atoms with van der Waals surface area (Å²) in [7, 11) is 0. The number of hydrogen-bond acceptors (Lipinski definition) is 2. The van der Waals surface area contributed by atoms with Gasteiger partial charge in [-0.05, 0) is 32.1 Å². The summed E-state index contributed by atoms with van der Waals surface area (Å²) in [5, 5.41) is 0. The van der Waals surface area contributed by atoms with Crippen molar-refractivity contribution in [3.05, 3.63) is 12.2 Å². The van der Waals surface area contributed by atoms with Crippen LogP contribution in [0.1, 0.15) is 71.6 Å². The van der Waals surface area contributed by atoms with Crippen LogP contribution in [0.25, 0.3) is 0 Å². The standard InChI is InChI=1S/C17H30O2/c1-3-5-7-9-13-17(15-18,12-6-4-2)16-11-8-10-14-19-16/h9,13,15-16H,3-8,10-12,14H2,1-2H3/b13-9+/t16-,17+/m1/s1. The molecule has 0 N–H and O–H groups in total. The minimum absolute atomic E-state index is 0.100. The Morgan fingerprint density at radius 2 is 2.00 bits per heavy atom. The summed E-state index contributed by atoms with van der Waals surface area (Å²) in [4.78, 5) is 11.8. The summed E-state index contributed by atoms with van der Waals surface area (Å²) >= 11 is 0. The summed E-state index contributed by atoms with van der Waals surface area (Å²) in [5.41, 5.74) is -0.371. The highest BCUT2D eigenvalue weighted by molar-refractivity contribution is 5.64. The van der Waals surface area contributed by atoms with Gasteiger partial charge in [-0.1, -0.05) is 51.7 Å². The lowest BCUT2D eigenvalue weighted by Crippen LogP contribution is -2.39. The van der Waals surface area contributed by atoms with Crippen LogP contribution in [0, 0.1) is 5.41 Å². The summed E-state index contributed by atoms with van der Waals surface area (Å²) < 4.78 is 5.91. The molecule has 2 atom stereocenters. The molecule has 1 rings (SSSR count). The molecule has 0 aromatic rings. The Balaban J connectivity index is 2.73. The van der Waals surface area contributed by atoms with Gasteiger partial charge < -0.3 is 9.53 Å². The number of allylic oxidation sites excluding steroid dienone is 1. The van der Waals surface area contributed by atoms with E-state index < -0.39 is 0 Å². The molecule has 1 saturated heterocycles. The van der Waals surface area contributed by atoms with E-state index in [0.29, 0.717) is 0 Å². The van der Waals surface area contributed by atoms with Crippen LogP contribution in [0.15, 0.2) is 12.2 Å². The second kappa shape index (κ2) is 9.30. The highest BCUT2D eigenvalue weighted by Crippen LogP contribution is 2.35. The van der Waals surface area contributed by atoms with Crippen LogP contribution >= 0.6 is 0 Å². The first-order chi connectivity index (χ1) is 9.29. The predicted octanol–water partition coefficient (Wildman–Crippen LogP) is 4.68. The van der Waals surface area contributed by atoms with Crippen molar-refractivity contribution in [3.8, 4) is 0 Å². The van der Waals surface area contributed by atoms with E-state index in [9.17, 15) is 4.79 Å². The second-order valence-electron chi connectivity index (χ2n) is 5.73. The van der Waals surface area contributed by atoms with Gasteiger partial charge in [-0.2, -0.15) is 0 Å². The highest BCUT2D eigenvalue weighted by atomic mass is 16.5. The van der Waals surface area contributed by atoms with Gasteiger partial charge in [-0.25, -0.2) is 0 Å². The molecule has 2 heteroatoms. The molecule has 0 aromatic heterocycles. The van der Waals surface area contributed by atoms with Gasteiger partial charge in [-0.15, -0.1) is 0 Å². The molecule has 0 bridgehead atoms. The van der Waals surface area contributed by atoms with E-state index in [1.165, 1.54) is 19.3 Å². The molecule has 1 aliphatic heterocycles. The van der Waals surface area contributed by atoms with Gasteiger partial charge in [0.05, 0.1) is 11.5 Å². The van der Waals surface area contributed by atoms with E-state index in [-0.39, 0.29) is 11.5 Å². The molecule has 1 fully saturated rings. The number of hydrogen-bond donors (Lipinski definition) is 0. The number of carbonyl (C=O) groups is 1. The van der Waals surface area contributed by atoms with Crippen LogP contribution < -0.4 is 0 Å². The molecular weight excluding hydrogens is 236 g/mol. The molecule has 110 valence electrons. The average molecular weight is 266 g/mol. The zero-order valence-corrected chi connectivity index (χ0v) is 12.7. The Hall–Kier alpha value is -0.630. The Morgan fingerprint density at radius 1 is 1.21 bits per heavy atom. The lowest BCUT2D eigenvalue weighted by molar-refractivity contribution is -0.125. The lowest BCUT2D eigenvalue weighted by Gasteiger charge is -2.36. The Bertz CT molecular complexity index is 266. The SMILES string of the molecule is CCCC/C=C/[C@](C=O)(CCCC)[C@H]1CCCCO1. The Morgan fingerprint density at radius 3 is 2.58 bits per heavy atom. The maximum Gasteiger partial charge on any atom is 0.132 e. The molecule has 0 aliphatic carbocycles. The maximum absolute atomic E-state index is 11.8. The minimum atomic E-state index is -0.371. The van der Waals surface area contributed by atoms with Crippen molar-refractivity contribution in [2.24, 2.45) is 5.41 Å². The molecule has 1 aliphatic rings. The fourth-order valence-electron chi connectivity index (χ4n) is 2.80. The maximum atomic E-state index is 11.8. The predicted molar refractivity (Wildman–Crippen MR) is 80.3 cm³/mol. The molecular formula is C17H30O2. The van der Waals surface area contributed by atoms with Crippen molar-refractivity contribution in [1.29, 1.82) is 0 Å². The molecule has 0 amide bonds.